The molecule has 27 valence electrons. The zero-order chi connectivity index (χ0) is 0. The summed E-state index contributed by atoms with van der Waals surface area (Å²) in [6.45, 7) is 0. The van der Waals surface area contributed by atoms with Gasteiger partial charge in [0.05, 0.1) is 0 Å². The van der Waals surface area contributed by atoms with Gasteiger partial charge in [0.2, 0.25) is 0 Å². The predicted octanol–water partition coefficient (Wildman–Crippen LogP) is -0.0100. The molecule has 0 saturated carbocycles. The second-order valence-corrected chi connectivity index (χ2v) is 0. The molecule has 4 heteroatoms. The molecule has 0 aromatic heterocycles. The van der Waals surface area contributed by atoms with E-state index < -0.39 is 0 Å². The Bertz CT molecular complexity index is 8.00. The summed E-state index contributed by atoms with van der Waals surface area (Å²) >= 11 is 0. The molecule has 0 unspecified atom stereocenters. The van der Waals surface area contributed by atoms with Crippen molar-refractivity contribution in [2.24, 2.45) is 0 Å². The van der Waals surface area contributed by atoms with Crippen LogP contribution >= 0.6 is 0 Å². The Kier molecular flexibility index (Phi) is 158. The van der Waals surface area contributed by atoms with Gasteiger partial charge in [-0.05, 0) is 0 Å². The zero-order valence-electron chi connectivity index (χ0n) is 1.55. The largest absolute Gasteiger partial charge is 0 e. The summed E-state index contributed by atoms with van der Waals surface area (Å²) in [5, 5.41) is 0. The molecule has 0 aromatic rings. The van der Waals surface area contributed by atoms with Crippen molar-refractivity contribution in [2.45, 2.75) is 0 Å². The first kappa shape index (κ1) is 33.9. The van der Waals surface area contributed by atoms with E-state index in [1.807, 2.05) is 0 Å². The van der Waals surface area contributed by atoms with Gasteiger partial charge in [0.15, 0.2) is 0 Å². The predicted molar refractivity (Wildman–Crippen MR) is 0 cm³/mol. The summed E-state index contributed by atoms with van der Waals surface area (Å²) in [6.07, 6.45) is 0. The molecule has 4 heavy (non-hydrogen) atoms. The standard InChI is InChI=1S/Cr.Fe.Mn.Mo. The minimum Gasteiger partial charge on any atom is 0 e. The molecule has 0 spiro atoms. The van der Waals surface area contributed by atoms with Crippen LogP contribution in [0.1, 0.15) is 0 Å². The maximum atomic E-state index is 0. The van der Waals surface area contributed by atoms with E-state index >= 15 is 0 Å². The summed E-state index contributed by atoms with van der Waals surface area (Å²) in [6, 6.07) is 0. The third kappa shape index (κ3) is 8.86. The number of rotatable bonds is 0. The monoisotopic (exact) mass is 261 g/mol. The van der Waals surface area contributed by atoms with Crippen LogP contribution in [-0.4, -0.2) is 0 Å². The fraction of sp³-hybridized carbons (Fsp3) is 0. The first-order chi connectivity index (χ1) is 0. The van der Waals surface area contributed by atoms with E-state index in [4.69, 9.17) is 0 Å². The van der Waals surface area contributed by atoms with E-state index in [-0.39, 0.29) is 72.6 Å². The number of hydrogen-bond acceptors (Lipinski definition) is 0. The zero-order valence-corrected chi connectivity index (χ0v) is 7.11. The molecule has 0 atom stereocenters. The van der Waals surface area contributed by atoms with Crippen LogP contribution in [-0.2, 0) is 72.6 Å². The van der Waals surface area contributed by atoms with Crippen molar-refractivity contribution in [1.29, 1.82) is 0 Å². The van der Waals surface area contributed by atoms with Crippen LogP contribution in [0.3, 0.4) is 0 Å². The molecular formula is CrFeMnMo. The van der Waals surface area contributed by atoms with E-state index in [9.17, 15) is 0 Å². The van der Waals surface area contributed by atoms with Gasteiger partial charge in [-0.25, -0.2) is 0 Å². The van der Waals surface area contributed by atoms with Gasteiger partial charge in [0.25, 0.3) is 0 Å². The minimum absolute atomic E-state index is 0. The van der Waals surface area contributed by atoms with Crippen LogP contribution in [0.2, 0.25) is 0 Å². The normalized spacial score (nSPS) is 0. The Hall–Kier alpha value is 2.26. The van der Waals surface area contributed by atoms with E-state index in [0.29, 0.717) is 0 Å². The van der Waals surface area contributed by atoms with Crippen molar-refractivity contribution in [3.8, 4) is 0 Å². The fourth-order valence-electron chi connectivity index (χ4n) is 0. The first-order valence-corrected chi connectivity index (χ1v) is 0. The van der Waals surface area contributed by atoms with Gasteiger partial charge in [0.1, 0.15) is 0 Å². The third-order valence-electron chi connectivity index (χ3n) is 0. The molecule has 0 fully saturated rings. The maximum Gasteiger partial charge on any atom is 0 e. The van der Waals surface area contributed by atoms with Crippen molar-refractivity contribution >= 4 is 0 Å². The van der Waals surface area contributed by atoms with Crippen LogP contribution in [0.15, 0.2) is 0 Å². The van der Waals surface area contributed by atoms with Crippen LogP contribution in [0, 0.1) is 0 Å². The molecule has 0 rings (SSSR count). The Morgan fingerprint density at radius 1 is 1.00 bits per heavy atom. The van der Waals surface area contributed by atoms with E-state index in [1.54, 1.807) is 0 Å². The van der Waals surface area contributed by atoms with Crippen molar-refractivity contribution in [1.82, 2.24) is 0 Å². The minimum atomic E-state index is 0. The van der Waals surface area contributed by atoms with Gasteiger partial charge >= 0.3 is 0 Å². The molecule has 0 bridgehead atoms. The van der Waals surface area contributed by atoms with Gasteiger partial charge < -0.3 is 0 Å². The summed E-state index contributed by atoms with van der Waals surface area (Å²) in [5.41, 5.74) is 0. The smallest absolute Gasteiger partial charge is 0 e. The second-order valence-electron chi connectivity index (χ2n) is 0. The van der Waals surface area contributed by atoms with Crippen LogP contribution < -0.4 is 0 Å². The second kappa shape index (κ2) is 18.7. The van der Waals surface area contributed by atoms with Crippen molar-refractivity contribution < 1.29 is 72.6 Å². The van der Waals surface area contributed by atoms with Gasteiger partial charge in [-0.15, -0.1) is 0 Å². The topological polar surface area (TPSA) is 0 Å². The third-order valence-corrected chi connectivity index (χ3v) is 0. The molecule has 1 radical (unpaired) electrons. The van der Waals surface area contributed by atoms with Gasteiger partial charge in [-0.3, -0.25) is 0 Å². The van der Waals surface area contributed by atoms with Crippen LogP contribution in [0.5, 0.6) is 0 Å². The van der Waals surface area contributed by atoms with Crippen molar-refractivity contribution in [3.05, 3.63) is 0 Å². The Balaban J connectivity index is 0. The summed E-state index contributed by atoms with van der Waals surface area (Å²) in [7, 11) is 0. The molecule has 0 aliphatic rings. The summed E-state index contributed by atoms with van der Waals surface area (Å²) in [4.78, 5) is 0. The first-order valence-electron chi connectivity index (χ1n) is 0. The van der Waals surface area contributed by atoms with Crippen LogP contribution in [0.25, 0.3) is 0 Å². The fourth-order valence-corrected chi connectivity index (χ4v) is 0. The van der Waals surface area contributed by atoms with E-state index in [0.717, 1.165) is 0 Å². The Labute approximate surface area is 71.8 Å². The Morgan fingerprint density at radius 2 is 1.00 bits per heavy atom. The van der Waals surface area contributed by atoms with Gasteiger partial charge in [-0.2, -0.15) is 0 Å². The van der Waals surface area contributed by atoms with Crippen LogP contribution in [0.4, 0.5) is 0 Å². The molecule has 0 N–H and O–H groups in total. The molecule has 0 saturated heterocycles. The van der Waals surface area contributed by atoms with Crippen molar-refractivity contribution in [3.63, 3.8) is 0 Å². The van der Waals surface area contributed by atoms with Crippen molar-refractivity contribution in [2.75, 3.05) is 0 Å². The summed E-state index contributed by atoms with van der Waals surface area (Å²) in [5.74, 6) is 0. The number of hydrogen-bond donors (Lipinski definition) is 0. The van der Waals surface area contributed by atoms with Gasteiger partial charge in [-0.1, -0.05) is 0 Å². The SMILES string of the molecule is [Cr].[Fe].[Mn].[Mo]. The molecule has 0 nitrogen and oxygen atoms in total. The molecule has 0 aliphatic heterocycles. The molecule has 0 aromatic carbocycles. The Morgan fingerprint density at radius 3 is 1.00 bits per heavy atom. The van der Waals surface area contributed by atoms with Gasteiger partial charge in [0, 0.05) is 72.6 Å². The molecule has 0 aliphatic carbocycles. The van der Waals surface area contributed by atoms with E-state index in [2.05, 4.69) is 0 Å². The average molecular weight is 259 g/mol. The molecular weight excluding hydrogens is 259 g/mol. The quantitative estimate of drug-likeness (QED) is 0.536. The van der Waals surface area contributed by atoms with E-state index in [1.165, 1.54) is 0 Å². The summed E-state index contributed by atoms with van der Waals surface area (Å²) < 4.78 is 0. The maximum absolute atomic E-state index is 0. The molecule has 0 heterocycles. The average Bonchev–Trinajstić information content (AvgIpc) is 0. The molecule has 0 amide bonds.